The highest BCUT2D eigenvalue weighted by atomic mass is 16.5. The van der Waals surface area contributed by atoms with Crippen LogP contribution in [0.3, 0.4) is 0 Å². The molecule has 2 aliphatic rings. The van der Waals surface area contributed by atoms with Crippen LogP contribution >= 0.6 is 0 Å². The van der Waals surface area contributed by atoms with Crippen molar-refractivity contribution in [3.05, 3.63) is 36.0 Å². The molecule has 2 fully saturated rings. The van der Waals surface area contributed by atoms with E-state index in [1.165, 1.54) is 6.20 Å². The Balaban J connectivity index is 1.59. The molecule has 0 unspecified atom stereocenters. The van der Waals surface area contributed by atoms with E-state index in [1.54, 1.807) is 24.1 Å². The molecule has 3 N–H and O–H groups in total. The summed E-state index contributed by atoms with van der Waals surface area (Å²) in [5, 5.41) is 12.9. The number of carbonyl (C=O) groups excluding carboxylic acids is 2. The van der Waals surface area contributed by atoms with Crippen LogP contribution in [-0.4, -0.2) is 46.5 Å². The normalized spacial score (nSPS) is 15.9. The van der Waals surface area contributed by atoms with Gasteiger partial charge >= 0.3 is 5.97 Å². The number of fused-ring (bicyclic) bond motifs is 1. The summed E-state index contributed by atoms with van der Waals surface area (Å²) in [6, 6.07) is 7.20. The van der Waals surface area contributed by atoms with Gasteiger partial charge in [-0.25, -0.2) is 9.78 Å². The molecule has 3 aromatic rings. The largest absolute Gasteiger partial charge is 0.496 e. The number of aromatic amines is 1. The van der Waals surface area contributed by atoms with Gasteiger partial charge < -0.3 is 25.0 Å². The van der Waals surface area contributed by atoms with E-state index in [0.717, 1.165) is 24.9 Å². The molecule has 164 valence electrons. The summed E-state index contributed by atoms with van der Waals surface area (Å²) in [5.41, 5.74) is 2.55. The van der Waals surface area contributed by atoms with Crippen molar-refractivity contribution in [3.63, 3.8) is 0 Å². The molecule has 9 heteroatoms. The van der Waals surface area contributed by atoms with Crippen LogP contribution in [0.15, 0.2) is 30.5 Å². The Morgan fingerprint density at radius 3 is 2.75 bits per heavy atom. The smallest absolute Gasteiger partial charge is 0.337 e. The zero-order valence-corrected chi connectivity index (χ0v) is 17.5. The second kappa shape index (κ2) is 7.67. The Kier molecular flexibility index (Phi) is 4.80. The number of hydrogen-bond donors (Lipinski definition) is 3. The van der Waals surface area contributed by atoms with Gasteiger partial charge in [0.05, 0.1) is 23.9 Å². The van der Waals surface area contributed by atoms with Crippen molar-refractivity contribution < 1.29 is 24.2 Å². The van der Waals surface area contributed by atoms with Crippen LogP contribution in [0.1, 0.15) is 36.0 Å². The van der Waals surface area contributed by atoms with Crippen LogP contribution < -0.4 is 15.0 Å². The number of ether oxygens (including phenoxy) is 1. The van der Waals surface area contributed by atoms with Crippen molar-refractivity contribution in [1.29, 1.82) is 0 Å². The van der Waals surface area contributed by atoms with Crippen molar-refractivity contribution in [2.75, 3.05) is 23.9 Å². The lowest BCUT2D eigenvalue weighted by atomic mass is 10.1. The second-order valence-corrected chi connectivity index (χ2v) is 8.09. The van der Waals surface area contributed by atoms with Gasteiger partial charge in [0.2, 0.25) is 11.8 Å². The number of rotatable bonds is 6. The third kappa shape index (κ3) is 3.45. The molecule has 0 spiro atoms. The van der Waals surface area contributed by atoms with Crippen molar-refractivity contribution in [2.24, 2.45) is 5.92 Å². The highest BCUT2D eigenvalue weighted by Crippen LogP contribution is 2.38. The Morgan fingerprint density at radius 1 is 1.28 bits per heavy atom. The van der Waals surface area contributed by atoms with Crippen molar-refractivity contribution in [1.82, 2.24) is 9.97 Å². The lowest BCUT2D eigenvalue weighted by molar-refractivity contribution is -0.118. The van der Waals surface area contributed by atoms with Gasteiger partial charge in [-0.05, 0) is 37.5 Å². The Labute approximate surface area is 183 Å². The zero-order chi connectivity index (χ0) is 22.4. The van der Waals surface area contributed by atoms with E-state index in [-0.39, 0.29) is 23.3 Å². The number of pyridine rings is 1. The highest BCUT2D eigenvalue weighted by Gasteiger charge is 2.31. The fraction of sp³-hybridized carbons (Fsp3) is 0.304. The van der Waals surface area contributed by atoms with Gasteiger partial charge in [-0.3, -0.25) is 9.59 Å². The molecule has 2 aromatic heterocycles. The number of H-pyrrole nitrogens is 1. The summed E-state index contributed by atoms with van der Waals surface area (Å²) in [6.45, 7) is 0.672. The Morgan fingerprint density at radius 2 is 2.09 bits per heavy atom. The molecule has 0 bridgehead atoms. The monoisotopic (exact) mass is 434 g/mol. The van der Waals surface area contributed by atoms with Gasteiger partial charge in [0.25, 0.3) is 0 Å². The summed E-state index contributed by atoms with van der Waals surface area (Å²) >= 11 is 0. The highest BCUT2D eigenvalue weighted by molar-refractivity contribution is 6.09. The van der Waals surface area contributed by atoms with E-state index in [2.05, 4.69) is 15.3 Å². The number of nitrogens with one attached hydrogen (secondary N) is 2. The van der Waals surface area contributed by atoms with Gasteiger partial charge in [-0.2, -0.15) is 0 Å². The predicted molar refractivity (Wildman–Crippen MR) is 118 cm³/mol. The number of carbonyl (C=O) groups is 3. The fourth-order valence-electron chi connectivity index (χ4n) is 4.08. The van der Waals surface area contributed by atoms with Gasteiger partial charge in [0.15, 0.2) is 5.82 Å². The van der Waals surface area contributed by atoms with E-state index in [1.807, 2.05) is 12.1 Å². The van der Waals surface area contributed by atoms with Gasteiger partial charge in [-0.1, -0.05) is 0 Å². The Bertz CT molecular complexity index is 1260. The number of amides is 2. The molecule has 1 aliphatic carbocycles. The van der Waals surface area contributed by atoms with E-state index in [4.69, 9.17) is 4.74 Å². The van der Waals surface area contributed by atoms with Crippen LogP contribution in [0.25, 0.3) is 22.2 Å². The number of hydrogen-bond acceptors (Lipinski definition) is 5. The first-order chi connectivity index (χ1) is 15.5. The van der Waals surface area contributed by atoms with E-state index in [0.29, 0.717) is 46.7 Å². The number of methoxy groups -OCH3 is 1. The Hall–Kier alpha value is -3.88. The van der Waals surface area contributed by atoms with Gasteiger partial charge in [0, 0.05) is 47.8 Å². The van der Waals surface area contributed by atoms with Gasteiger partial charge in [0.1, 0.15) is 5.75 Å². The number of nitrogens with zero attached hydrogens (tertiary/aromatic N) is 2. The van der Waals surface area contributed by atoms with Crippen molar-refractivity contribution in [2.45, 2.75) is 25.7 Å². The summed E-state index contributed by atoms with van der Waals surface area (Å²) in [4.78, 5) is 45.3. The maximum atomic E-state index is 12.3. The molecule has 32 heavy (non-hydrogen) atoms. The molecule has 1 aromatic carbocycles. The summed E-state index contributed by atoms with van der Waals surface area (Å²) in [7, 11) is 1.54. The molecule has 5 rings (SSSR count). The van der Waals surface area contributed by atoms with Crippen LogP contribution in [0, 0.1) is 5.92 Å². The lowest BCUT2D eigenvalue weighted by Gasteiger charge is -2.18. The maximum absolute atomic E-state index is 12.3. The SMILES string of the molecule is COc1cc(N2CCCC2=O)ccc1-c1cc2c(C(=O)O)cnc(NC(=O)C3CC3)c2[nH]1. The third-order valence-electron chi connectivity index (χ3n) is 5.95. The summed E-state index contributed by atoms with van der Waals surface area (Å²) in [6.07, 6.45) is 4.31. The number of carboxylic acid groups (broad SMARTS) is 1. The molecule has 0 radical (unpaired) electrons. The number of aromatic carboxylic acids is 1. The van der Waals surface area contributed by atoms with Crippen molar-refractivity contribution >= 4 is 40.2 Å². The number of anilines is 2. The molecule has 2 amide bonds. The number of benzene rings is 1. The standard InChI is InChI=1S/C23H22N4O5/c1-32-18-9-13(27-8-2-3-19(27)28)6-7-14(18)17-10-15-16(23(30)31)11-24-21(20(15)25-17)26-22(29)12-4-5-12/h6-7,9-12,25H,2-5,8H2,1H3,(H,30,31)(H,24,26,29). The average Bonchev–Trinajstić information content (AvgIpc) is 3.40. The minimum atomic E-state index is -1.11. The van der Waals surface area contributed by atoms with E-state index >= 15 is 0 Å². The topological polar surface area (TPSA) is 125 Å². The summed E-state index contributed by atoms with van der Waals surface area (Å²) < 4.78 is 5.58. The molecular weight excluding hydrogens is 412 g/mol. The predicted octanol–water partition coefficient (Wildman–Crippen LogP) is 3.41. The summed E-state index contributed by atoms with van der Waals surface area (Å²) in [5.74, 6) is -0.313. The fourth-order valence-corrected chi connectivity index (χ4v) is 4.08. The second-order valence-electron chi connectivity index (χ2n) is 8.09. The van der Waals surface area contributed by atoms with Crippen LogP contribution in [0.2, 0.25) is 0 Å². The average molecular weight is 434 g/mol. The number of carboxylic acids is 1. The molecule has 0 atom stereocenters. The van der Waals surface area contributed by atoms with Crippen molar-refractivity contribution in [3.8, 4) is 17.0 Å². The first-order valence-corrected chi connectivity index (χ1v) is 10.5. The zero-order valence-electron chi connectivity index (χ0n) is 17.5. The lowest BCUT2D eigenvalue weighted by Crippen LogP contribution is -2.23. The minimum Gasteiger partial charge on any atom is -0.496 e. The molecule has 1 saturated heterocycles. The molecule has 3 heterocycles. The minimum absolute atomic E-state index is 0.0126. The van der Waals surface area contributed by atoms with Gasteiger partial charge in [-0.15, -0.1) is 0 Å². The third-order valence-corrected chi connectivity index (χ3v) is 5.95. The molecule has 1 saturated carbocycles. The first kappa shape index (κ1) is 20.0. The van der Waals surface area contributed by atoms with Crippen LogP contribution in [0.4, 0.5) is 11.5 Å². The molecule has 1 aliphatic heterocycles. The molecule has 9 nitrogen and oxygen atoms in total. The van der Waals surface area contributed by atoms with E-state index < -0.39 is 5.97 Å². The van der Waals surface area contributed by atoms with Crippen LogP contribution in [0.5, 0.6) is 5.75 Å². The van der Waals surface area contributed by atoms with E-state index in [9.17, 15) is 19.5 Å². The van der Waals surface area contributed by atoms with Crippen LogP contribution in [-0.2, 0) is 9.59 Å². The first-order valence-electron chi connectivity index (χ1n) is 10.5. The molecular formula is C23H22N4O5. The maximum Gasteiger partial charge on any atom is 0.337 e. The quantitative estimate of drug-likeness (QED) is 0.546. The number of aromatic nitrogens is 2.